The summed E-state index contributed by atoms with van der Waals surface area (Å²) >= 11 is 1.28. The fourth-order valence-electron chi connectivity index (χ4n) is 2.63. The lowest BCUT2D eigenvalue weighted by atomic mass is 10.1. The van der Waals surface area contributed by atoms with Gasteiger partial charge in [0.2, 0.25) is 11.8 Å². The van der Waals surface area contributed by atoms with Crippen LogP contribution < -0.4 is 15.8 Å². The van der Waals surface area contributed by atoms with Crippen molar-refractivity contribution >= 4 is 35.0 Å². The van der Waals surface area contributed by atoms with Crippen LogP contribution in [0.4, 0.5) is 11.4 Å². The number of anilines is 2. The van der Waals surface area contributed by atoms with E-state index in [4.69, 9.17) is 0 Å². The summed E-state index contributed by atoms with van der Waals surface area (Å²) in [5.41, 5.74) is 1.57. The molecule has 130 valence electrons. The van der Waals surface area contributed by atoms with Gasteiger partial charge in [-0.15, -0.1) is 11.8 Å². The molecular formula is C17H18N4O3S. The van der Waals surface area contributed by atoms with Crippen molar-refractivity contribution in [2.45, 2.75) is 24.8 Å². The molecule has 0 saturated heterocycles. The second-order valence-corrected chi connectivity index (χ2v) is 6.64. The Labute approximate surface area is 149 Å². The highest BCUT2D eigenvalue weighted by atomic mass is 32.2. The second-order valence-electron chi connectivity index (χ2n) is 5.62. The number of carbonyl (C=O) groups excluding carboxylic acids is 2. The minimum atomic E-state index is -0.445. The van der Waals surface area contributed by atoms with Crippen molar-refractivity contribution in [1.82, 2.24) is 9.78 Å². The summed E-state index contributed by atoms with van der Waals surface area (Å²) in [5, 5.41) is 6.87. The Morgan fingerprint density at radius 2 is 2.08 bits per heavy atom. The maximum Gasteiger partial charge on any atom is 0.292 e. The van der Waals surface area contributed by atoms with Crippen LogP contribution in [-0.2, 0) is 22.6 Å². The first-order valence-electron chi connectivity index (χ1n) is 7.88. The molecule has 0 saturated carbocycles. The van der Waals surface area contributed by atoms with Gasteiger partial charge in [0.25, 0.3) is 5.56 Å². The van der Waals surface area contributed by atoms with Gasteiger partial charge in [0.05, 0.1) is 16.8 Å². The lowest BCUT2D eigenvalue weighted by molar-refractivity contribution is -0.117. The van der Waals surface area contributed by atoms with Crippen LogP contribution in [0, 0.1) is 0 Å². The average molecular weight is 358 g/mol. The smallest absolute Gasteiger partial charge is 0.292 e. The van der Waals surface area contributed by atoms with E-state index in [0.717, 1.165) is 22.4 Å². The van der Waals surface area contributed by atoms with Crippen molar-refractivity contribution in [3.8, 4) is 0 Å². The maximum atomic E-state index is 12.6. The number of aromatic nitrogens is 2. The van der Waals surface area contributed by atoms with Gasteiger partial charge in [0.15, 0.2) is 0 Å². The fraction of sp³-hybridized carbons (Fsp3) is 0.294. The van der Waals surface area contributed by atoms with Crippen molar-refractivity contribution in [3.05, 3.63) is 46.4 Å². The number of nitrogens with zero attached hydrogens (tertiary/aromatic N) is 3. The van der Waals surface area contributed by atoms with Crippen LogP contribution in [0.5, 0.6) is 0 Å². The quantitative estimate of drug-likeness (QED) is 0.896. The van der Waals surface area contributed by atoms with Gasteiger partial charge < -0.3 is 10.2 Å². The Bertz CT molecular complexity index is 894. The summed E-state index contributed by atoms with van der Waals surface area (Å²) in [6.07, 6.45) is 2.31. The number of aryl methyl sites for hydroxylation is 1. The lowest BCUT2D eigenvalue weighted by Crippen LogP contribution is -2.40. The summed E-state index contributed by atoms with van der Waals surface area (Å²) in [7, 11) is 1.56. The summed E-state index contributed by atoms with van der Waals surface area (Å²) in [4.78, 5) is 38.7. The Kier molecular flexibility index (Phi) is 4.89. The molecule has 2 aromatic rings. The SMILES string of the molecule is CCc1ccccc1NC(=O)Cn1ncc2c(c1=O)N(C)C(=O)CS2. The van der Waals surface area contributed by atoms with E-state index in [2.05, 4.69) is 10.4 Å². The number of thioether (sulfide) groups is 1. The zero-order valence-corrected chi connectivity index (χ0v) is 14.8. The molecule has 0 aliphatic carbocycles. The summed E-state index contributed by atoms with van der Waals surface area (Å²) < 4.78 is 1.08. The van der Waals surface area contributed by atoms with E-state index in [-0.39, 0.29) is 29.8 Å². The predicted molar refractivity (Wildman–Crippen MR) is 97.1 cm³/mol. The van der Waals surface area contributed by atoms with Gasteiger partial charge >= 0.3 is 0 Å². The van der Waals surface area contributed by atoms with Gasteiger partial charge in [0, 0.05) is 12.7 Å². The Morgan fingerprint density at radius 1 is 1.32 bits per heavy atom. The highest BCUT2D eigenvalue weighted by Crippen LogP contribution is 2.30. The van der Waals surface area contributed by atoms with E-state index in [1.807, 2.05) is 31.2 Å². The third-order valence-corrected chi connectivity index (χ3v) is 5.01. The van der Waals surface area contributed by atoms with E-state index >= 15 is 0 Å². The number of rotatable bonds is 4. The molecule has 2 heterocycles. The number of fused-ring (bicyclic) bond motifs is 1. The highest BCUT2D eigenvalue weighted by molar-refractivity contribution is 8.00. The van der Waals surface area contributed by atoms with E-state index in [9.17, 15) is 14.4 Å². The molecule has 0 atom stereocenters. The van der Waals surface area contributed by atoms with E-state index in [1.165, 1.54) is 22.9 Å². The monoisotopic (exact) mass is 358 g/mol. The molecule has 25 heavy (non-hydrogen) atoms. The first kappa shape index (κ1) is 17.2. The van der Waals surface area contributed by atoms with Crippen LogP contribution in [0.1, 0.15) is 12.5 Å². The normalized spacial score (nSPS) is 13.5. The van der Waals surface area contributed by atoms with Gasteiger partial charge in [-0.05, 0) is 18.1 Å². The number of carbonyl (C=O) groups is 2. The number of hydrogen-bond donors (Lipinski definition) is 1. The highest BCUT2D eigenvalue weighted by Gasteiger charge is 2.26. The van der Waals surface area contributed by atoms with Crippen molar-refractivity contribution < 1.29 is 9.59 Å². The molecule has 0 fully saturated rings. The van der Waals surface area contributed by atoms with Crippen LogP contribution in [0.3, 0.4) is 0 Å². The zero-order chi connectivity index (χ0) is 18.0. The van der Waals surface area contributed by atoms with Gasteiger partial charge in [-0.25, -0.2) is 4.68 Å². The van der Waals surface area contributed by atoms with Crippen molar-refractivity contribution in [1.29, 1.82) is 0 Å². The van der Waals surface area contributed by atoms with Crippen LogP contribution in [-0.4, -0.2) is 34.4 Å². The molecule has 3 rings (SSSR count). The molecule has 1 aliphatic heterocycles. The van der Waals surface area contributed by atoms with E-state index < -0.39 is 5.56 Å². The summed E-state index contributed by atoms with van der Waals surface area (Å²) in [6.45, 7) is 1.79. The third-order valence-electron chi connectivity index (χ3n) is 4.01. The van der Waals surface area contributed by atoms with Crippen LogP contribution >= 0.6 is 11.8 Å². The summed E-state index contributed by atoms with van der Waals surface area (Å²) in [5.74, 6) is -0.204. The van der Waals surface area contributed by atoms with Crippen LogP contribution in [0.25, 0.3) is 0 Å². The van der Waals surface area contributed by atoms with Crippen molar-refractivity contribution in [2.75, 3.05) is 23.0 Å². The largest absolute Gasteiger partial charge is 0.324 e. The number of hydrogen-bond acceptors (Lipinski definition) is 5. The van der Waals surface area contributed by atoms with Gasteiger partial charge in [-0.1, -0.05) is 25.1 Å². The van der Waals surface area contributed by atoms with Crippen molar-refractivity contribution in [2.24, 2.45) is 0 Å². The molecule has 1 aromatic heterocycles. The Morgan fingerprint density at radius 3 is 2.84 bits per heavy atom. The molecule has 1 aliphatic rings. The molecule has 1 aromatic carbocycles. The summed E-state index contributed by atoms with van der Waals surface area (Å²) in [6, 6.07) is 7.52. The first-order chi connectivity index (χ1) is 12.0. The minimum Gasteiger partial charge on any atom is -0.324 e. The van der Waals surface area contributed by atoms with Crippen LogP contribution in [0.15, 0.2) is 40.2 Å². The molecule has 0 spiro atoms. The Balaban J connectivity index is 1.83. The molecule has 0 radical (unpaired) electrons. The number of amides is 2. The van der Waals surface area contributed by atoms with E-state index in [1.54, 1.807) is 7.05 Å². The zero-order valence-electron chi connectivity index (χ0n) is 14.0. The van der Waals surface area contributed by atoms with Gasteiger partial charge in [-0.2, -0.15) is 5.10 Å². The predicted octanol–water partition coefficient (Wildman–Crippen LogP) is 1.51. The molecular weight excluding hydrogens is 340 g/mol. The standard InChI is InChI=1S/C17H18N4O3S/c1-3-11-6-4-5-7-12(11)19-14(22)9-21-17(24)16-13(8-18-21)25-10-15(23)20(16)2/h4-8H,3,9-10H2,1-2H3,(H,19,22). The van der Waals surface area contributed by atoms with Gasteiger partial charge in [0.1, 0.15) is 12.2 Å². The molecule has 2 amide bonds. The third kappa shape index (κ3) is 3.43. The number of para-hydroxylation sites is 1. The molecule has 7 nitrogen and oxygen atoms in total. The average Bonchev–Trinajstić information content (AvgIpc) is 2.61. The molecule has 0 bridgehead atoms. The topological polar surface area (TPSA) is 84.3 Å². The van der Waals surface area contributed by atoms with Crippen molar-refractivity contribution in [3.63, 3.8) is 0 Å². The fourth-order valence-corrected chi connectivity index (χ4v) is 3.58. The first-order valence-corrected chi connectivity index (χ1v) is 8.87. The lowest BCUT2D eigenvalue weighted by Gasteiger charge is -2.24. The molecule has 1 N–H and O–H groups in total. The van der Waals surface area contributed by atoms with E-state index in [0.29, 0.717) is 4.90 Å². The van der Waals surface area contributed by atoms with Crippen LogP contribution in [0.2, 0.25) is 0 Å². The Hall–Kier alpha value is -2.61. The second kappa shape index (κ2) is 7.10. The maximum absolute atomic E-state index is 12.6. The van der Waals surface area contributed by atoms with Gasteiger partial charge in [-0.3, -0.25) is 14.4 Å². The number of benzene rings is 1. The number of nitrogens with one attached hydrogen (secondary N) is 1. The minimum absolute atomic E-state index is 0.145. The molecule has 8 heteroatoms. The molecule has 0 unspecified atom stereocenters.